The van der Waals surface area contributed by atoms with Gasteiger partial charge < -0.3 is 20.7 Å². The van der Waals surface area contributed by atoms with E-state index in [-0.39, 0.29) is 5.84 Å². The second kappa shape index (κ2) is 5.73. The van der Waals surface area contributed by atoms with Crippen molar-refractivity contribution in [3.8, 4) is 0 Å². The van der Waals surface area contributed by atoms with Gasteiger partial charge in [-0.1, -0.05) is 12.1 Å². The first-order chi connectivity index (χ1) is 8.74. The Morgan fingerprint density at radius 1 is 1.22 bits per heavy atom. The fourth-order valence-electron chi connectivity index (χ4n) is 2.22. The lowest BCUT2D eigenvalue weighted by atomic mass is 10.1. The van der Waals surface area contributed by atoms with E-state index in [0.29, 0.717) is 0 Å². The normalized spacial score (nSPS) is 18.1. The average molecular weight is 248 g/mol. The number of likely N-dealkylation sites (N-methyl/N-ethyl adjacent to an activating group) is 1. The van der Waals surface area contributed by atoms with Crippen LogP contribution in [0, 0.1) is 0 Å². The Labute approximate surface area is 107 Å². The maximum Gasteiger partial charge on any atom is 0.170 e. The van der Waals surface area contributed by atoms with Crippen LogP contribution in [-0.2, 0) is 0 Å². The summed E-state index contributed by atoms with van der Waals surface area (Å²) in [5, 5.41) is 11.6. The molecule has 2 rings (SSSR count). The molecule has 0 spiro atoms. The summed E-state index contributed by atoms with van der Waals surface area (Å²) in [6, 6.07) is 7.82. The van der Waals surface area contributed by atoms with Gasteiger partial charge in [0.1, 0.15) is 0 Å². The van der Waals surface area contributed by atoms with Gasteiger partial charge in [-0.15, -0.1) is 0 Å². The quantitative estimate of drug-likeness (QED) is 0.361. The SMILES string of the molecule is CCN1CCN(c2ccc(/C(N)=N/O)cc2)CC1. The Hall–Kier alpha value is -1.75. The third-order valence-electron chi connectivity index (χ3n) is 3.46. The highest BCUT2D eigenvalue weighted by molar-refractivity contribution is 5.97. The average Bonchev–Trinajstić information content (AvgIpc) is 2.47. The molecule has 0 aliphatic carbocycles. The topological polar surface area (TPSA) is 65.1 Å². The Kier molecular flexibility index (Phi) is 4.04. The van der Waals surface area contributed by atoms with Gasteiger partial charge in [0.25, 0.3) is 0 Å². The van der Waals surface area contributed by atoms with Gasteiger partial charge in [-0.2, -0.15) is 0 Å². The first kappa shape index (κ1) is 12.7. The number of hydrogen-bond donors (Lipinski definition) is 2. The Balaban J connectivity index is 2.02. The summed E-state index contributed by atoms with van der Waals surface area (Å²) in [5.41, 5.74) is 7.48. The monoisotopic (exact) mass is 248 g/mol. The van der Waals surface area contributed by atoms with E-state index in [1.807, 2.05) is 24.3 Å². The lowest BCUT2D eigenvalue weighted by Gasteiger charge is -2.35. The summed E-state index contributed by atoms with van der Waals surface area (Å²) in [6.45, 7) is 7.64. The van der Waals surface area contributed by atoms with E-state index in [4.69, 9.17) is 10.9 Å². The summed E-state index contributed by atoms with van der Waals surface area (Å²) in [5.74, 6) is 0.150. The van der Waals surface area contributed by atoms with Crippen LogP contribution in [0.4, 0.5) is 5.69 Å². The van der Waals surface area contributed by atoms with E-state index in [1.54, 1.807) is 0 Å². The summed E-state index contributed by atoms with van der Waals surface area (Å²) < 4.78 is 0. The van der Waals surface area contributed by atoms with Crippen LogP contribution in [0.15, 0.2) is 29.4 Å². The molecule has 3 N–H and O–H groups in total. The lowest BCUT2D eigenvalue weighted by Crippen LogP contribution is -2.46. The summed E-state index contributed by atoms with van der Waals surface area (Å²) in [6.07, 6.45) is 0. The Bertz CT molecular complexity index is 408. The van der Waals surface area contributed by atoms with Crippen LogP contribution in [0.3, 0.4) is 0 Å². The highest BCUT2D eigenvalue weighted by Crippen LogP contribution is 2.17. The fraction of sp³-hybridized carbons (Fsp3) is 0.462. The number of piperazine rings is 1. The second-order valence-corrected chi connectivity index (χ2v) is 4.45. The van der Waals surface area contributed by atoms with Crippen molar-refractivity contribution in [1.29, 1.82) is 0 Å². The molecular weight excluding hydrogens is 228 g/mol. The number of benzene rings is 1. The standard InChI is InChI=1S/C13H20N4O/c1-2-16-7-9-17(10-8-16)12-5-3-11(4-6-12)13(14)15-18/h3-6,18H,2,7-10H2,1H3,(H2,14,15). The number of amidine groups is 1. The van der Waals surface area contributed by atoms with Gasteiger partial charge in [0.05, 0.1) is 0 Å². The van der Waals surface area contributed by atoms with Crippen molar-refractivity contribution < 1.29 is 5.21 Å². The van der Waals surface area contributed by atoms with Gasteiger partial charge in [0, 0.05) is 37.4 Å². The van der Waals surface area contributed by atoms with Crippen molar-refractivity contribution in [2.75, 3.05) is 37.6 Å². The second-order valence-electron chi connectivity index (χ2n) is 4.45. The Morgan fingerprint density at radius 2 is 1.83 bits per heavy atom. The van der Waals surface area contributed by atoms with Gasteiger partial charge in [0.15, 0.2) is 5.84 Å². The molecule has 0 atom stereocenters. The molecule has 1 saturated heterocycles. The molecule has 0 bridgehead atoms. The molecule has 98 valence electrons. The molecule has 0 unspecified atom stereocenters. The maximum atomic E-state index is 8.61. The van der Waals surface area contributed by atoms with Crippen LogP contribution in [-0.4, -0.2) is 48.7 Å². The molecule has 1 aromatic carbocycles. The van der Waals surface area contributed by atoms with Crippen LogP contribution in [0.1, 0.15) is 12.5 Å². The Morgan fingerprint density at radius 3 is 2.33 bits per heavy atom. The molecule has 0 aromatic heterocycles. The van der Waals surface area contributed by atoms with Crippen molar-refractivity contribution in [2.45, 2.75) is 6.92 Å². The van der Waals surface area contributed by atoms with Crippen LogP contribution in [0.5, 0.6) is 0 Å². The van der Waals surface area contributed by atoms with Crippen LogP contribution >= 0.6 is 0 Å². The van der Waals surface area contributed by atoms with E-state index in [1.165, 1.54) is 5.69 Å². The van der Waals surface area contributed by atoms with Crippen molar-refractivity contribution >= 4 is 11.5 Å². The fourth-order valence-corrected chi connectivity index (χ4v) is 2.22. The molecule has 0 saturated carbocycles. The molecule has 1 aliphatic heterocycles. The van der Waals surface area contributed by atoms with Crippen LogP contribution in [0.2, 0.25) is 0 Å². The zero-order valence-electron chi connectivity index (χ0n) is 10.7. The summed E-state index contributed by atoms with van der Waals surface area (Å²) in [4.78, 5) is 4.81. The summed E-state index contributed by atoms with van der Waals surface area (Å²) in [7, 11) is 0. The van der Waals surface area contributed by atoms with Crippen LogP contribution < -0.4 is 10.6 Å². The minimum Gasteiger partial charge on any atom is -0.409 e. The third kappa shape index (κ3) is 2.73. The number of hydrogen-bond acceptors (Lipinski definition) is 4. The molecule has 0 amide bonds. The minimum atomic E-state index is 0.150. The van der Waals surface area contributed by atoms with Crippen LogP contribution in [0.25, 0.3) is 0 Å². The molecule has 1 aromatic rings. The van der Waals surface area contributed by atoms with Gasteiger partial charge in [-0.25, -0.2) is 0 Å². The number of oxime groups is 1. The molecule has 5 nitrogen and oxygen atoms in total. The molecular formula is C13H20N4O. The van der Waals surface area contributed by atoms with Crippen molar-refractivity contribution in [3.63, 3.8) is 0 Å². The number of anilines is 1. The van der Waals surface area contributed by atoms with Gasteiger partial charge in [0.2, 0.25) is 0 Å². The van der Waals surface area contributed by atoms with Gasteiger partial charge in [-0.3, -0.25) is 0 Å². The zero-order chi connectivity index (χ0) is 13.0. The van der Waals surface area contributed by atoms with Crippen molar-refractivity contribution in [3.05, 3.63) is 29.8 Å². The number of nitrogens with two attached hydrogens (primary N) is 1. The highest BCUT2D eigenvalue weighted by Gasteiger charge is 2.15. The molecule has 1 fully saturated rings. The smallest absolute Gasteiger partial charge is 0.170 e. The molecule has 18 heavy (non-hydrogen) atoms. The van der Waals surface area contributed by atoms with Crippen molar-refractivity contribution in [1.82, 2.24) is 4.90 Å². The third-order valence-corrected chi connectivity index (χ3v) is 3.46. The number of rotatable bonds is 3. The predicted octanol–water partition coefficient (Wildman–Crippen LogP) is 0.923. The van der Waals surface area contributed by atoms with Crippen molar-refractivity contribution in [2.24, 2.45) is 10.9 Å². The molecule has 5 heteroatoms. The lowest BCUT2D eigenvalue weighted by molar-refractivity contribution is 0.271. The molecule has 1 heterocycles. The first-order valence-corrected chi connectivity index (χ1v) is 6.30. The maximum absolute atomic E-state index is 8.61. The van der Waals surface area contributed by atoms with E-state index < -0.39 is 0 Å². The molecule has 0 radical (unpaired) electrons. The van der Waals surface area contributed by atoms with Gasteiger partial charge in [-0.05, 0) is 30.8 Å². The van der Waals surface area contributed by atoms with E-state index in [0.717, 1.165) is 38.3 Å². The largest absolute Gasteiger partial charge is 0.409 e. The highest BCUT2D eigenvalue weighted by atomic mass is 16.4. The zero-order valence-corrected chi connectivity index (χ0v) is 10.7. The predicted molar refractivity (Wildman–Crippen MR) is 73.3 cm³/mol. The number of nitrogens with zero attached hydrogens (tertiary/aromatic N) is 3. The van der Waals surface area contributed by atoms with Gasteiger partial charge >= 0.3 is 0 Å². The molecule has 1 aliphatic rings. The van der Waals surface area contributed by atoms with E-state index >= 15 is 0 Å². The first-order valence-electron chi connectivity index (χ1n) is 6.30. The summed E-state index contributed by atoms with van der Waals surface area (Å²) >= 11 is 0. The van der Waals surface area contributed by atoms with E-state index in [2.05, 4.69) is 21.9 Å². The minimum absolute atomic E-state index is 0.150. The van der Waals surface area contributed by atoms with E-state index in [9.17, 15) is 0 Å².